The number of allylic oxidation sites excluding steroid dienone is 2. The van der Waals surface area contributed by atoms with Gasteiger partial charge < -0.3 is 10.1 Å². The zero-order valence-electron chi connectivity index (χ0n) is 10.0. The molecule has 5 nitrogen and oxygen atoms in total. The Bertz CT molecular complexity index is 561. The molecule has 0 atom stereocenters. The molecule has 0 bridgehead atoms. The summed E-state index contributed by atoms with van der Waals surface area (Å²) in [6.07, 6.45) is 0. The van der Waals surface area contributed by atoms with Crippen LogP contribution in [0.4, 0.5) is 5.69 Å². The van der Waals surface area contributed by atoms with Crippen LogP contribution in [0.1, 0.15) is 17.3 Å². The Kier molecular flexibility index (Phi) is 4.48. The molecule has 0 aliphatic carbocycles. The van der Waals surface area contributed by atoms with E-state index >= 15 is 0 Å². The van der Waals surface area contributed by atoms with Gasteiger partial charge in [0.15, 0.2) is 0 Å². The largest absolute Gasteiger partial charge is 0.465 e. The zero-order valence-corrected chi connectivity index (χ0v) is 10.0. The molecule has 0 radical (unpaired) electrons. The Hall–Kier alpha value is -2.79. The molecule has 18 heavy (non-hydrogen) atoms. The van der Waals surface area contributed by atoms with Gasteiger partial charge in [0, 0.05) is 5.70 Å². The summed E-state index contributed by atoms with van der Waals surface area (Å²) in [7, 11) is 1.29. The summed E-state index contributed by atoms with van der Waals surface area (Å²) >= 11 is 0. The SMILES string of the molecule is COC(=O)c1ccccc1NC(C)=C(C#N)C#N. The molecule has 0 aromatic heterocycles. The first-order valence-corrected chi connectivity index (χ1v) is 5.09. The maximum atomic E-state index is 11.5. The predicted octanol–water partition coefficient (Wildman–Crippen LogP) is 2.21. The Morgan fingerprint density at radius 1 is 1.28 bits per heavy atom. The van der Waals surface area contributed by atoms with Gasteiger partial charge in [-0.2, -0.15) is 10.5 Å². The van der Waals surface area contributed by atoms with E-state index < -0.39 is 5.97 Å². The highest BCUT2D eigenvalue weighted by molar-refractivity contribution is 5.95. The number of nitriles is 2. The maximum Gasteiger partial charge on any atom is 0.339 e. The number of esters is 1. The molecule has 1 aromatic carbocycles. The minimum atomic E-state index is -0.485. The molecule has 0 amide bonds. The van der Waals surface area contributed by atoms with Crippen LogP contribution in [0.3, 0.4) is 0 Å². The van der Waals surface area contributed by atoms with Crippen LogP contribution < -0.4 is 5.32 Å². The second-order valence-electron chi connectivity index (χ2n) is 3.39. The number of anilines is 1. The minimum Gasteiger partial charge on any atom is -0.465 e. The molecule has 0 saturated heterocycles. The van der Waals surface area contributed by atoms with Gasteiger partial charge in [-0.15, -0.1) is 0 Å². The molecule has 0 heterocycles. The molecule has 5 heteroatoms. The quantitative estimate of drug-likeness (QED) is 0.647. The number of methoxy groups -OCH3 is 1. The normalized spacial score (nSPS) is 8.67. The van der Waals surface area contributed by atoms with E-state index in [0.717, 1.165) is 0 Å². The molecular formula is C13H11N3O2. The van der Waals surface area contributed by atoms with E-state index in [-0.39, 0.29) is 5.57 Å². The van der Waals surface area contributed by atoms with E-state index in [1.807, 2.05) is 0 Å². The summed E-state index contributed by atoms with van der Waals surface area (Å²) in [6.45, 7) is 1.59. The van der Waals surface area contributed by atoms with Gasteiger partial charge >= 0.3 is 5.97 Å². The Labute approximate surface area is 105 Å². The van der Waals surface area contributed by atoms with E-state index in [0.29, 0.717) is 16.9 Å². The summed E-state index contributed by atoms with van der Waals surface area (Å²) in [6, 6.07) is 10.3. The number of para-hydroxylation sites is 1. The molecule has 1 aromatic rings. The lowest BCUT2D eigenvalue weighted by molar-refractivity contribution is 0.0602. The zero-order chi connectivity index (χ0) is 13.5. The molecule has 1 N–H and O–H groups in total. The summed E-state index contributed by atoms with van der Waals surface area (Å²) < 4.78 is 4.65. The molecular weight excluding hydrogens is 230 g/mol. The molecule has 0 aliphatic rings. The van der Waals surface area contributed by atoms with E-state index in [1.54, 1.807) is 43.3 Å². The smallest absolute Gasteiger partial charge is 0.339 e. The lowest BCUT2D eigenvalue weighted by atomic mass is 10.1. The predicted molar refractivity (Wildman–Crippen MR) is 65.3 cm³/mol. The standard InChI is InChI=1S/C13H11N3O2/c1-9(10(7-14)8-15)16-12-6-4-3-5-11(12)13(17)18-2/h3-6,16H,1-2H3. The number of benzene rings is 1. The highest BCUT2D eigenvalue weighted by atomic mass is 16.5. The topological polar surface area (TPSA) is 85.9 Å². The average molecular weight is 241 g/mol. The van der Waals surface area contributed by atoms with Crippen LogP contribution in [-0.4, -0.2) is 13.1 Å². The minimum absolute atomic E-state index is 0.0327. The van der Waals surface area contributed by atoms with Crippen LogP contribution in [0.2, 0.25) is 0 Å². The van der Waals surface area contributed by atoms with Crippen LogP contribution in [0, 0.1) is 22.7 Å². The molecule has 0 spiro atoms. The number of ether oxygens (including phenoxy) is 1. The third-order valence-electron chi connectivity index (χ3n) is 2.25. The first-order chi connectivity index (χ1) is 8.63. The third kappa shape index (κ3) is 2.87. The van der Waals surface area contributed by atoms with Crippen molar-refractivity contribution in [1.82, 2.24) is 0 Å². The van der Waals surface area contributed by atoms with Gasteiger partial charge in [0.25, 0.3) is 0 Å². The number of carbonyl (C=O) groups excluding carboxylic acids is 1. The van der Waals surface area contributed by atoms with Crippen molar-refractivity contribution in [3.05, 3.63) is 41.1 Å². The van der Waals surface area contributed by atoms with E-state index in [9.17, 15) is 4.79 Å². The number of carbonyl (C=O) groups is 1. The molecule has 1 rings (SSSR count). The van der Waals surface area contributed by atoms with Gasteiger partial charge in [-0.1, -0.05) is 12.1 Å². The van der Waals surface area contributed by atoms with Gasteiger partial charge in [0.2, 0.25) is 0 Å². The number of nitrogens with zero attached hydrogens (tertiary/aromatic N) is 2. The van der Waals surface area contributed by atoms with Crippen molar-refractivity contribution in [3.63, 3.8) is 0 Å². The molecule has 0 saturated carbocycles. The van der Waals surface area contributed by atoms with E-state index in [2.05, 4.69) is 10.1 Å². The van der Waals surface area contributed by atoms with Crippen molar-refractivity contribution >= 4 is 11.7 Å². The Balaban J connectivity index is 3.15. The number of hydrogen-bond acceptors (Lipinski definition) is 5. The molecule has 0 fully saturated rings. The first-order valence-electron chi connectivity index (χ1n) is 5.09. The lowest BCUT2D eigenvalue weighted by Crippen LogP contribution is -2.07. The van der Waals surface area contributed by atoms with Crippen LogP contribution >= 0.6 is 0 Å². The van der Waals surface area contributed by atoms with Crippen molar-refractivity contribution in [2.75, 3.05) is 12.4 Å². The lowest BCUT2D eigenvalue weighted by Gasteiger charge is -2.10. The fraction of sp³-hybridized carbons (Fsp3) is 0.154. The van der Waals surface area contributed by atoms with Crippen molar-refractivity contribution in [1.29, 1.82) is 10.5 Å². The van der Waals surface area contributed by atoms with Crippen molar-refractivity contribution in [2.45, 2.75) is 6.92 Å². The van der Waals surface area contributed by atoms with Crippen molar-refractivity contribution < 1.29 is 9.53 Å². The highest BCUT2D eigenvalue weighted by Gasteiger charge is 2.11. The molecule has 0 aliphatic heterocycles. The van der Waals surface area contributed by atoms with Gasteiger partial charge in [0.1, 0.15) is 17.7 Å². The second kappa shape index (κ2) is 6.07. The van der Waals surface area contributed by atoms with Crippen molar-refractivity contribution in [2.24, 2.45) is 0 Å². The average Bonchev–Trinajstić information content (AvgIpc) is 2.40. The fourth-order valence-corrected chi connectivity index (χ4v) is 1.34. The van der Waals surface area contributed by atoms with Gasteiger partial charge in [-0.25, -0.2) is 4.79 Å². The van der Waals surface area contributed by atoms with Crippen LogP contribution in [0.25, 0.3) is 0 Å². The molecule has 0 unspecified atom stereocenters. The van der Waals surface area contributed by atoms with Gasteiger partial charge in [-0.05, 0) is 19.1 Å². The highest BCUT2D eigenvalue weighted by Crippen LogP contribution is 2.18. The number of rotatable bonds is 3. The van der Waals surface area contributed by atoms with Gasteiger partial charge in [0.05, 0.1) is 18.4 Å². The summed E-state index contributed by atoms with van der Waals surface area (Å²) in [5.74, 6) is -0.485. The Morgan fingerprint density at radius 2 is 1.89 bits per heavy atom. The Morgan fingerprint density at radius 3 is 2.44 bits per heavy atom. The summed E-state index contributed by atoms with van der Waals surface area (Å²) in [5, 5.41) is 20.3. The number of nitrogens with one attached hydrogen (secondary N) is 1. The third-order valence-corrected chi connectivity index (χ3v) is 2.25. The summed E-state index contributed by atoms with van der Waals surface area (Å²) in [4.78, 5) is 11.5. The van der Waals surface area contributed by atoms with Crippen LogP contribution in [0.15, 0.2) is 35.5 Å². The monoisotopic (exact) mass is 241 g/mol. The van der Waals surface area contributed by atoms with E-state index in [4.69, 9.17) is 10.5 Å². The fourth-order valence-electron chi connectivity index (χ4n) is 1.34. The first kappa shape index (κ1) is 13.3. The van der Waals surface area contributed by atoms with Gasteiger partial charge in [-0.3, -0.25) is 0 Å². The van der Waals surface area contributed by atoms with Crippen LogP contribution in [0.5, 0.6) is 0 Å². The van der Waals surface area contributed by atoms with Crippen molar-refractivity contribution in [3.8, 4) is 12.1 Å². The van der Waals surface area contributed by atoms with E-state index in [1.165, 1.54) is 7.11 Å². The molecule has 90 valence electrons. The second-order valence-corrected chi connectivity index (χ2v) is 3.39. The summed E-state index contributed by atoms with van der Waals surface area (Å²) in [5.41, 5.74) is 1.19. The number of hydrogen-bond donors (Lipinski definition) is 1. The maximum absolute atomic E-state index is 11.5. The van der Waals surface area contributed by atoms with Crippen LogP contribution in [-0.2, 0) is 4.74 Å².